The van der Waals surface area contributed by atoms with Gasteiger partial charge in [-0.1, -0.05) is 13.8 Å². The second kappa shape index (κ2) is 7.17. The Bertz CT molecular complexity index is 501. The number of nitrogens with one attached hydrogen (secondary N) is 1. The molecule has 1 aromatic rings. The summed E-state index contributed by atoms with van der Waals surface area (Å²) in [5.41, 5.74) is 0.920. The zero-order chi connectivity index (χ0) is 15.2. The van der Waals surface area contributed by atoms with Crippen molar-refractivity contribution in [1.82, 2.24) is 5.32 Å². The molecule has 0 saturated carbocycles. The van der Waals surface area contributed by atoms with Gasteiger partial charge < -0.3 is 24.3 Å². The molecule has 6 heteroatoms. The Morgan fingerprint density at radius 3 is 2.71 bits per heavy atom. The Labute approximate surface area is 124 Å². The standard InChI is InChI=1S/C15H21NO5/c1-10(2)6-16-7-11-4-13-14(21-9-20-13)5-12(11)19-8-15(17)18-3/h4-5,10,16H,6-9H2,1-3H3. The molecule has 2 rings (SSSR count). The highest BCUT2D eigenvalue weighted by Crippen LogP contribution is 2.38. The van der Waals surface area contributed by atoms with E-state index in [1.165, 1.54) is 7.11 Å². The van der Waals surface area contributed by atoms with Crippen LogP contribution in [0.25, 0.3) is 0 Å². The third kappa shape index (κ3) is 4.26. The normalized spacial score (nSPS) is 12.6. The number of carbonyl (C=O) groups excluding carboxylic acids is 1. The van der Waals surface area contributed by atoms with Gasteiger partial charge >= 0.3 is 5.97 Å². The summed E-state index contributed by atoms with van der Waals surface area (Å²) in [5, 5.41) is 3.34. The topological polar surface area (TPSA) is 66.0 Å². The van der Waals surface area contributed by atoms with E-state index in [0.29, 0.717) is 29.7 Å². The smallest absolute Gasteiger partial charge is 0.343 e. The second-order valence-electron chi connectivity index (χ2n) is 5.20. The third-order valence-corrected chi connectivity index (χ3v) is 3.00. The van der Waals surface area contributed by atoms with Crippen molar-refractivity contribution in [2.24, 2.45) is 5.92 Å². The fourth-order valence-corrected chi connectivity index (χ4v) is 1.93. The number of hydrogen-bond acceptors (Lipinski definition) is 6. The van der Waals surface area contributed by atoms with E-state index in [-0.39, 0.29) is 13.4 Å². The lowest BCUT2D eigenvalue weighted by Gasteiger charge is -2.13. The zero-order valence-electron chi connectivity index (χ0n) is 12.6. The van der Waals surface area contributed by atoms with E-state index < -0.39 is 5.97 Å². The molecule has 0 saturated heterocycles. The molecule has 1 heterocycles. The third-order valence-electron chi connectivity index (χ3n) is 3.00. The van der Waals surface area contributed by atoms with Gasteiger partial charge in [0.2, 0.25) is 6.79 Å². The molecule has 21 heavy (non-hydrogen) atoms. The predicted octanol–water partition coefficient (Wildman–Crippen LogP) is 1.71. The highest BCUT2D eigenvalue weighted by atomic mass is 16.7. The second-order valence-corrected chi connectivity index (χ2v) is 5.20. The first-order valence-corrected chi connectivity index (χ1v) is 6.93. The van der Waals surface area contributed by atoms with Gasteiger partial charge in [0.1, 0.15) is 5.75 Å². The minimum absolute atomic E-state index is 0.132. The average Bonchev–Trinajstić information content (AvgIpc) is 2.91. The van der Waals surface area contributed by atoms with E-state index in [2.05, 4.69) is 23.9 Å². The number of hydrogen-bond donors (Lipinski definition) is 1. The Morgan fingerprint density at radius 2 is 2.05 bits per heavy atom. The minimum Gasteiger partial charge on any atom is -0.481 e. The van der Waals surface area contributed by atoms with Crippen molar-refractivity contribution in [2.45, 2.75) is 20.4 Å². The minimum atomic E-state index is -0.422. The van der Waals surface area contributed by atoms with Crippen molar-refractivity contribution in [1.29, 1.82) is 0 Å². The van der Waals surface area contributed by atoms with Crippen LogP contribution in [0.3, 0.4) is 0 Å². The lowest BCUT2D eigenvalue weighted by atomic mass is 10.1. The summed E-state index contributed by atoms with van der Waals surface area (Å²) in [5.74, 6) is 2.05. The molecule has 1 aliphatic rings. The SMILES string of the molecule is COC(=O)COc1cc2c(cc1CNCC(C)C)OCO2. The fraction of sp³-hybridized carbons (Fsp3) is 0.533. The van der Waals surface area contributed by atoms with Gasteiger partial charge in [-0.2, -0.15) is 0 Å². The fourth-order valence-electron chi connectivity index (χ4n) is 1.93. The number of benzene rings is 1. The van der Waals surface area contributed by atoms with E-state index in [9.17, 15) is 4.79 Å². The lowest BCUT2D eigenvalue weighted by molar-refractivity contribution is -0.142. The summed E-state index contributed by atoms with van der Waals surface area (Å²) in [6, 6.07) is 3.62. The van der Waals surface area contributed by atoms with Crippen molar-refractivity contribution in [3.63, 3.8) is 0 Å². The van der Waals surface area contributed by atoms with Gasteiger partial charge in [-0.05, 0) is 18.5 Å². The number of rotatable bonds is 7. The molecule has 116 valence electrons. The van der Waals surface area contributed by atoms with Crippen molar-refractivity contribution in [2.75, 3.05) is 27.1 Å². The first kappa shape index (κ1) is 15.4. The quantitative estimate of drug-likeness (QED) is 0.773. The van der Waals surface area contributed by atoms with Gasteiger partial charge in [-0.15, -0.1) is 0 Å². The van der Waals surface area contributed by atoms with Gasteiger partial charge in [-0.3, -0.25) is 0 Å². The van der Waals surface area contributed by atoms with E-state index in [1.54, 1.807) is 6.07 Å². The summed E-state index contributed by atoms with van der Waals surface area (Å²) in [4.78, 5) is 11.2. The highest BCUT2D eigenvalue weighted by Gasteiger charge is 2.18. The molecule has 0 radical (unpaired) electrons. The molecule has 0 fully saturated rings. The number of carbonyl (C=O) groups is 1. The zero-order valence-corrected chi connectivity index (χ0v) is 12.6. The van der Waals surface area contributed by atoms with Gasteiger partial charge in [0.15, 0.2) is 18.1 Å². The molecule has 1 aliphatic heterocycles. The molecule has 0 aliphatic carbocycles. The van der Waals surface area contributed by atoms with Crippen LogP contribution in [-0.4, -0.2) is 33.0 Å². The molecule has 0 bridgehead atoms. The summed E-state index contributed by atoms with van der Waals surface area (Å²) < 4.78 is 20.8. The van der Waals surface area contributed by atoms with Gasteiger partial charge in [0.05, 0.1) is 7.11 Å². The Balaban J connectivity index is 2.09. The Kier molecular flexibility index (Phi) is 5.27. The van der Waals surface area contributed by atoms with Crippen LogP contribution in [-0.2, 0) is 16.1 Å². The molecular weight excluding hydrogens is 274 g/mol. The molecule has 0 aromatic heterocycles. The number of esters is 1. The Morgan fingerprint density at radius 1 is 1.33 bits per heavy atom. The van der Waals surface area contributed by atoms with Crippen LogP contribution in [0.5, 0.6) is 17.2 Å². The van der Waals surface area contributed by atoms with Crippen molar-refractivity contribution in [3.8, 4) is 17.2 Å². The van der Waals surface area contributed by atoms with E-state index >= 15 is 0 Å². The molecule has 1 aromatic carbocycles. The highest BCUT2D eigenvalue weighted by molar-refractivity contribution is 5.71. The monoisotopic (exact) mass is 295 g/mol. The summed E-state index contributed by atoms with van der Waals surface area (Å²) in [7, 11) is 1.33. The average molecular weight is 295 g/mol. The maximum Gasteiger partial charge on any atom is 0.343 e. The van der Waals surface area contributed by atoms with Crippen LogP contribution in [0.15, 0.2) is 12.1 Å². The van der Waals surface area contributed by atoms with Crippen LogP contribution in [0.4, 0.5) is 0 Å². The maximum absolute atomic E-state index is 11.2. The van der Waals surface area contributed by atoms with E-state index in [1.807, 2.05) is 6.07 Å². The van der Waals surface area contributed by atoms with Crippen molar-refractivity contribution >= 4 is 5.97 Å². The first-order valence-electron chi connectivity index (χ1n) is 6.93. The molecule has 0 amide bonds. The molecule has 1 N–H and O–H groups in total. The lowest BCUT2D eigenvalue weighted by Crippen LogP contribution is -2.20. The number of methoxy groups -OCH3 is 1. The van der Waals surface area contributed by atoms with E-state index in [4.69, 9.17) is 14.2 Å². The molecular formula is C15H21NO5. The van der Waals surface area contributed by atoms with Gasteiger partial charge in [0, 0.05) is 18.2 Å². The molecule has 0 atom stereocenters. The van der Waals surface area contributed by atoms with Crippen LogP contribution in [0.1, 0.15) is 19.4 Å². The van der Waals surface area contributed by atoms with Crippen LogP contribution < -0.4 is 19.5 Å². The Hall–Kier alpha value is -1.95. The van der Waals surface area contributed by atoms with Crippen LogP contribution in [0.2, 0.25) is 0 Å². The molecule has 6 nitrogen and oxygen atoms in total. The number of fused-ring (bicyclic) bond motifs is 1. The van der Waals surface area contributed by atoms with Gasteiger partial charge in [0.25, 0.3) is 0 Å². The van der Waals surface area contributed by atoms with Crippen molar-refractivity contribution < 1.29 is 23.7 Å². The van der Waals surface area contributed by atoms with Crippen molar-refractivity contribution in [3.05, 3.63) is 17.7 Å². The molecule has 0 unspecified atom stereocenters. The largest absolute Gasteiger partial charge is 0.481 e. The summed E-state index contributed by atoms with van der Waals surface area (Å²) >= 11 is 0. The predicted molar refractivity (Wildman–Crippen MR) is 76.6 cm³/mol. The van der Waals surface area contributed by atoms with E-state index in [0.717, 1.165) is 12.1 Å². The van der Waals surface area contributed by atoms with Crippen LogP contribution in [0, 0.1) is 5.92 Å². The number of ether oxygens (including phenoxy) is 4. The summed E-state index contributed by atoms with van der Waals surface area (Å²) in [6.07, 6.45) is 0. The summed E-state index contributed by atoms with van der Waals surface area (Å²) in [6.45, 7) is 5.88. The van der Waals surface area contributed by atoms with Crippen LogP contribution >= 0.6 is 0 Å². The first-order chi connectivity index (χ1) is 10.1. The maximum atomic E-state index is 11.2. The van der Waals surface area contributed by atoms with Gasteiger partial charge in [-0.25, -0.2) is 4.79 Å². The molecule has 0 spiro atoms.